The zero-order valence-electron chi connectivity index (χ0n) is 10.5. The predicted molar refractivity (Wildman–Crippen MR) is 71.8 cm³/mol. The lowest BCUT2D eigenvalue weighted by Gasteiger charge is -2.27. The summed E-state index contributed by atoms with van der Waals surface area (Å²) in [6.45, 7) is 4.51. The molecule has 2 aliphatic heterocycles. The van der Waals surface area contributed by atoms with Gasteiger partial charge in [0.1, 0.15) is 0 Å². The topological polar surface area (TPSA) is 44.4 Å². The third-order valence-corrected chi connectivity index (χ3v) is 3.77. The Morgan fingerprint density at radius 1 is 1.22 bits per heavy atom. The molecule has 2 N–H and O–H groups in total. The van der Waals surface area contributed by atoms with Crippen LogP contribution < -0.4 is 10.6 Å². The highest BCUT2D eigenvalue weighted by molar-refractivity contribution is 5.80. The van der Waals surface area contributed by atoms with E-state index in [2.05, 4.69) is 22.8 Å². The van der Waals surface area contributed by atoms with Gasteiger partial charge in [0.15, 0.2) is 0 Å². The van der Waals surface area contributed by atoms with E-state index in [0.717, 1.165) is 39.1 Å². The lowest BCUT2D eigenvalue weighted by molar-refractivity contribution is -0.131. The molecule has 1 fully saturated rings. The molecule has 0 aromatic heterocycles. The Labute approximate surface area is 107 Å². The standard InChI is InChI=1S/C14H19N3O/c18-14(17-8-6-15-7-9-17)10-11-2-1-3-13-12(11)4-5-16-13/h1-3,15-16H,4-10H2. The molecule has 1 aromatic rings. The summed E-state index contributed by atoms with van der Waals surface area (Å²) in [5, 5.41) is 6.63. The number of piperazine rings is 1. The molecule has 3 rings (SSSR count). The summed E-state index contributed by atoms with van der Waals surface area (Å²) in [4.78, 5) is 14.2. The fourth-order valence-corrected chi connectivity index (χ4v) is 2.77. The van der Waals surface area contributed by atoms with Gasteiger partial charge in [0, 0.05) is 38.4 Å². The van der Waals surface area contributed by atoms with Gasteiger partial charge in [0.2, 0.25) is 5.91 Å². The van der Waals surface area contributed by atoms with Crippen molar-refractivity contribution in [3.05, 3.63) is 29.3 Å². The van der Waals surface area contributed by atoms with Gasteiger partial charge in [-0.05, 0) is 23.6 Å². The van der Waals surface area contributed by atoms with Crippen LogP contribution in [0.2, 0.25) is 0 Å². The zero-order chi connectivity index (χ0) is 12.4. The second-order valence-electron chi connectivity index (χ2n) is 4.93. The first kappa shape index (κ1) is 11.5. The first-order valence-electron chi connectivity index (χ1n) is 6.68. The summed E-state index contributed by atoms with van der Waals surface area (Å²) in [5.41, 5.74) is 3.74. The van der Waals surface area contributed by atoms with E-state index in [9.17, 15) is 4.79 Å². The number of anilines is 1. The second-order valence-corrected chi connectivity index (χ2v) is 4.93. The maximum Gasteiger partial charge on any atom is 0.227 e. The molecule has 0 radical (unpaired) electrons. The highest BCUT2D eigenvalue weighted by Gasteiger charge is 2.20. The van der Waals surface area contributed by atoms with Crippen LogP contribution in [0.3, 0.4) is 0 Å². The number of rotatable bonds is 2. The Kier molecular flexibility index (Phi) is 3.19. The zero-order valence-corrected chi connectivity index (χ0v) is 10.5. The number of hydrogen-bond donors (Lipinski definition) is 2. The maximum absolute atomic E-state index is 12.2. The number of nitrogens with one attached hydrogen (secondary N) is 2. The van der Waals surface area contributed by atoms with Crippen LogP contribution in [0.15, 0.2) is 18.2 Å². The fourth-order valence-electron chi connectivity index (χ4n) is 2.77. The van der Waals surface area contributed by atoms with Crippen LogP contribution >= 0.6 is 0 Å². The molecular formula is C14H19N3O. The molecule has 2 heterocycles. The SMILES string of the molecule is O=C(Cc1cccc2c1CCN2)N1CCNCC1. The first-order chi connectivity index (χ1) is 8.84. The molecule has 1 amide bonds. The smallest absolute Gasteiger partial charge is 0.227 e. The van der Waals surface area contributed by atoms with E-state index < -0.39 is 0 Å². The van der Waals surface area contributed by atoms with Crippen molar-refractivity contribution in [1.82, 2.24) is 10.2 Å². The quantitative estimate of drug-likeness (QED) is 0.803. The van der Waals surface area contributed by atoms with Gasteiger partial charge in [-0.3, -0.25) is 4.79 Å². The number of carbonyl (C=O) groups excluding carboxylic acids is 1. The van der Waals surface area contributed by atoms with Crippen LogP contribution in [0.25, 0.3) is 0 Å². The van der Waals surface area contributed by atoms with Crippen molar-refractivity contribution in [1.29, 1.82) is 0 Å². The molecule has 0 unspecified atom stereocenters. The van der Waals surface area contributed by atoms with Crippen LogP contribution in [-0.4, -0.2) is 43.5 Å². The molecule has 0 aliphatic carbocycles. The second kappa shape index (κ2) is 4.98. The van der Waals surface area contributed by atoms with E-state index in [1.165, 1.54) is 16.8 Å². The third-order valence-electron chi connectivity index (χ3n) is 3.77. The molecule has 1 saturated heterocycles. The Balaban J connectivity index is 1.72. The Morgan fingerprint density at radius 3 is 2.89 bits per heavy atom. The van der Waals surface area contributed by atoms with Crippen molar-refractivity contribution in [3.8, 4) is 0 Å². The number of carbonyl (C=O) groups is 1. The van der Waals surface area contributed by atoms with Crippen molar-refractivity contribution in [2.75, 3.05) is 38.0 Å². The Hall–Kier alpha value is -1.55. The van der Waals surface area contributed by atoms with Crippen molar-refractivity contribution < 1.29 is 4.79 Å². The van der Waals surface area contributed by atoms with E-state index in [0.29, 0.717) is 6.42 Å². The minimum atomic E-state index is 0.261. The predicted octanol–water partition coefficient (Wildman–Crippen LogP) is 0.629. The van der Waals surface area contributed by atoms with Crippen molar-refractivity contribution in [3.63, 3.8) is 0 Å². The number of hydrogen-bond acceptors (Lipinski definition) is 3. The monoisotopic (exact) mass is 245 g/mol. The van der Waals surface area contributed by atoms with Crippen LogP contribution in [0.1, 0.15) is 11.1 Å². The first-order valence-corrected chi connectivity index (χ1v) is 6.68. The molecule has 0 bridgehead atoms. The number of fused-ring (bicyclic) bond motifs is 1. The number of benzene rings is 1. The van der Waals surface area contributed by atoms with E-state index in [1.54, 1.807) is 0 Å². The van der Waals surface area contributed by atoms with E-state index in [4.69, 9.17) is 0 Å². The molecule has 4 nitrogen and oxygen atoms in total. The largest absolute Gasteiger partial charge is 0.384 e. The van der Waals surface area contributed by atoms with Crippen LogP contribution in [0, 0.1) is 0 Å². The molecule has 1 aromatic carbocycles. The molecule has 2 aliphatic rings. The highest BCUT2D eigenvalue weighted by atomic mass is 16.2. The van der Waals surface area contributed by atoms with Gasteiger partial charge < -0.3 is 15.5 Å². The van der Waals surface area contributed by atoms with Crippen LogP contribution in [0.5, 0.6) is 0 Å². The molecule has 0 atom stereocenters. The summed E-state index contributed by atoms with van der Waals surface area (Å²) in [7, 11) is 0. The fraction of sp³-hybridized carbons (Fsp3) is 0.500. The summed E-state index contributed by atoms with van der Waals surface area (Å²) in [5.74, 6) is 0.261. The summed E-state index contributed by atoms with van der Waals surface area (Å²) < 4.78 is 0. The lowest BCUT2D eigenvalue weighted by Crippen LogP contribution is -2.47. The molecular weight excluding hydrogens is 226 g/mol. The molecule has 0 saturated carbocycles. The average molecular weight is 245 g/mol. The molecule has 0 spiro atoms. The van der Waals surface area contributed by atoms with Crippen molar-refractivity contribution in [2.45, 2.75) is 12.8 Å². The van der Waals surface area contributed by atoms with Crippen LogP contribution in [0.4, 0.5) is 5.69 Å². The van der Waals surface area contributed by atoms with Gasteiger partial charge in [-0.1, -0.05) is 12.1 Å². The maximum atomic E-state index is 12.2. The molecule has 18 heavy (non-hydrogen) atoms. The van der Waals surface area contributed by atoms with Gasteiger partial charge in [0.05, 0.1) is 6.42 Å². The summed E-state index contributed by atoms with van der Waals surface area (Å²) in [6, 6.07) is 6.23. The van der Waals surface area contributed by atoms with Crippen molar-refractivity contribution in [2.24, 2.45) is 0 Å². The van der Waals surface area contributed by atoms with Crippen LogP contribution in [-0.2, 0) is 17.6 Å². The Morgan fingerprint density at radius 2 is 2.06 bits per heavy atom. The van der Waals surface area contributed by atoms with E-state index >= 15 is 0 Å². The van der Waals surface area contributed by atoms with E-state index in [-0.39, 0.29) is 5.91 Å². The van der Waals surface area contributed by atoms with Gasteiger partial charge in [-0.2, -0.15) is 0 Å². The number of nitrogens with zero attached hydrogens (tertiary/aromatic N) is 1. The minimum absolute atomic E-state index is 0.261. The van der Waals surface area contributed by atoms with E-state index in [1.807, 2.05) is 11.0 Å². The minimum Gasteiger partial charge on any atom is -0.384 e. The number of amides is 1. The van der Waals surface area contributed by atoms with Gasteiger partial charge in [-0.15, -0.1) is 0 Å². The highest BCUT2D eigenvalue weighted by Crippen LogP contribution is 2.26. The van der Waals surface area contributed by atoms with Gasteiger partial charge in [-0.25, -0.2) is 0 Å². The summed E-state index contributed by atoms with van der Waals surface area (Å²) >= 11 is 0. The van der Waals surface area contributed by atoms with Gasteiger partial charge >= 0.3 is 0 Å². The Bertz CT molecular complexity index is 452. The summed E-state index contributed by atoms with van der Waals surface area (Å²) in [6.07, 6.45) is 1.59. The normalized spacial score (nSPS) is 18.3. The third kappa shape index (κ3) is 2.20. The lowest BCUT2D eigenvalue weighted by atomic mass is 10.0. The molecule has 4 heteroatoms. The molecule has 96 valence electrons. The van der Waals surface area contributed by atoms with Gasteiger partial charge in [0.25, 0.3) is 0 Å². The van der Waals surface area contributed by atoms with Crippen molar-refractivity contribution >= 4 is 11.6 Å². The average Bonchev–Trinajstić information content (AvgIpc) is 2.89.